The van der Waals surface area contributed by atoms with Crippen molar-refractivity contribution in [3.63, 3.8) is 0 Å². The maximum Gasteiger partial charge on any atom is 0.214 e. The first-order chi connectivity index (χ1) is 11.5. The van der Waals surface area contributed by atoms with E-state index in [1.807, 2.05) is 9.20 Å². The number of rotatable bonds is 3. The largest absolute Gasteiger partial charge is 0.342 e. The molecule has 3 aromatic rings. The number of nitrogens with zero attached hydrogens (tertiary/aromatic N) is 7. The molecule has 1 aliphatic heterocycles. The van der Waals surface area contributed by atoms with Crippen molar-refractivity contribution in [2.45, 2.75) is 58.0 Å². The van der Waals surface area contributed by atoms with E-state index in [-0.39, 0.29) is 5.41 Å². The Morgan fingerprint density at radius 3 is 2.88 bits per heavy atom. The third-order valence-electron chi connectivity index (χ3n) is 4.54. The first-order valence-corrected chi connectivity index (χ1v) is 9.28. The zero-order chi connectivity index (χ0) is 16.7. The summed E-state index contributed by atoms with van der Waals surface area (Å²) in [5, 5.41) is 10.1. The minimum absolute atomic E-state index is 0.0499. The Hall–Kier alpha value is -1.96. The van der Waals surface area contributed by atoms with Crippen molar-refractivity contribution in [1.29, 1.82) is 0 Å². The molecule has 1 aliphatic rings. The van der Waals surface area contributed by atoms with Gasteiger partial charge in [-0.1, -0.05) is 32.1 Å². The second-order valence-electron chi connectivity index (χ2n) is 7.45. The summed E-state index contributed by atoms with van der Waals surface area (Å²) in [7, 11) is 0. The number of anilines is 1. The third-order valence-corrected chi connectivity index (χ3v) is 5.50. The van der Waals surface area contributed by atoms with Gasteiger partial charge < -0.3 is 4.90 Å². The lowest BCUT2D eigenvalue weighted by molar-refractivity contribution is 0.397. The molecule has 1 atom stereocenters. The van der Waals surface area contributed by atoms with Crippen LogP contribution in [0.5, 0.6) is 0 Å². The van der Waals surface area contributed by atoms with Crippen LogP contribution >= 0.6 is 11.3 Å². The Labute approximate surface area is 145 Å². The van der Waals surface area contributed by atoms with Crippen molar-refractivity contribution >= 4 is 21.4 Å². The van der Waals surface area contributed by atoms with Crippen LogP contribution in [-0.4, -0.2) is 41.9 Å². The van der Waals surface area contributed by atoms with Crippen molar-refractivity contribution in [2.24, 2.45) is 0 Å². The average Bonchev–Trinajstić information content (AvgIpc) is 3.21. The van der Waals surface area contributed by atoms with Crippen LogP contribution in [0.4, 0.5) is 5.13 Å². The highest BCUT2D eigenvalue weighted by atomic mass is 32.1. The normalized spacial score (nSPS) is 19.3. The molecule has 128 valence electrons. The molecule has 0 N–H and O–H groups in total. The van der Waals surface area contributed by atoms with E-state index in [9.17, 15) is 0 Å². The molecule has 0 spiro atoms. The molecule has 3 aromatic heterocycles. The van der Waals surface area contributed by atoms with Gasteiger partial charge in [0.15, 0.2) is 0 Å². The van der Waals surface area contributed by atoms with E-state index in [1.165, 1.54) is 12.8 Å². The van der Waals surface area contributed by atoms with Crippen molar-refractivity contribution < 1.29 is 0 Å². The van der Waals surface area contributed by atoms with Gasteiger partial charge in [0.05, 0.1) is 24.5 Å². The van der Waals surface area contributed by atoms with Gasteiger partial charge >= 0.3 is 0 Å². The Morgan fingerprint density at radius 2 is 2.17 bits per heavy atom. The zero-order valence-corrected chi connectivity index (χ0v) is 15.2. The van der Waals surface area contributed by atoms with Crippen molar-refractivity contribution in [3.05, 3.63) is 24.5 Å². The predicted molar refractivity (Wildman–Crippen MR) is 94.6 cm³/mol. The molecule has 24 heavy (non-hydrogen) atoms. The van der Waals surface area contributed by atoms with Gasteiger partial charge in [-0.05, 0) is 19.3 Å². The summed E-state index contributed by atoms with van der Waals surface area (Å²) in [5.74, 6) is 0. The van der Waals surface area contributed by atoms with Crippen LogP contribution in [0.15, 0.2) is 18.9 Å². The van der Waals surface area contributed by atoms with Gasteiger partial charge in [-0.2, -0.15) is 5.10 Å². The summed E-state index contributed by atoms with van der Waals surface area (Å²) in [6, 6.07) is 0.415. The number of hydrogen-bond donors (Lipinski definition) is 0. The highest BCUT2D eigenvalue weighted by Gasteiger charge is 2.27. The lowest BCUT2D eigenvalue weighted by atomic mass is 9.93. The van der Waals surface area contributed by atoms with Crippen molar-refractivity contribution in [2.75, 3.05) is 11.4 Å². The lowest BCUT2D eigenvalue weighted by Crippen LogP contribution is -2.42. The minimum Gasteiger partial charge on any atom is -0.342 e. The topological polar surface area (TPSA) is 64.1 Å². The number of aromatic nitrogens is 6. The molecule has 4 heterocycles. The maximum absolute atomic E-state index is 4.80. The highest BCUT2D eigenvalue weighted by Crippen LogP contribution is 2.31. The second kappa shape index (κ2) is 5.84. The van der Waals surface area contributed by atoms with E-state index in [0.29, 0.717) is 6.04 Å². The first-order valence-electron chi connectivity index (χ1n) is 8.46. The Kier molecular flexibility index (Phi) is 3.79. The molecule has 0 amide bonds. The van der Waals surface area contributed by atoms with Gasteiger partial charge in [-0.25, -0.2) is 14.5 Å². The van der Waals surface area contributed by atoms with Gasteiger partial charge in [-0.3, -0.25) is 4.68 Å². The fourth-order valence-corrected chi connectivity index (χ4v) is 4.13. The fraction of sp³-hybridized carbons (Fsp3) is 0.625. The van der Waals surface area contributed by atoms with Crippen molar-refractivity contribution in [1.82, 2.24) is 29.4 Å². The summed E-state index contributed by atoms with van der Waals surface area (Å²) >= 11 is 1.68. The van der Waals surface area contributed by atoms with Crippen LogP contribution < -0.4 is 4.90 Å². The predicted octanol–water partition coefficient (Wildman–Crippen LogP) is 2.74. The van der Waals surface area contributed by atoms with Gasteiger partial charge in [0.1, 0.15) is 12.7 Å². The molecular weight excluding hydrogens is 322 g/mol. The number of fused-ring (bicyclic) bond motifs is 1. The summed E-state index contributed by atoms with van der Waals surface area (Å²) in [5.41, 5.74) is 1.14. The SMILES string of the molecule is CC(C)(C)c1cn2nc(N3CCCCC3Cn3cncn3)sc2n1. The molecule has 1 unspecified atom stereocenters. The van der Waals surface area contributed by atoms with Crippen LogP contribution in [0.1, 0.15) is 45.7 Å². The lowest BCUT2D eigenvalue weighted by Gasteiger charge is -2.35. The third kappa shape index (κ3) is 2.90. The Bertz CT molecular complexity index is 780. The van der Waals surface area contributed by atoms with E-state index >= 15 is 0 Å². The molecule has 0 aliphatic carbocycles. The Morgan fingerprint density at radius 1 is 1.29 bits per heavy atom. The van der Waals surface area contributed by atoms with E-state index in [2.05, 4.69) is 42.0 Å². The summed E-state index contributed by atoms with van der Waals surface area (Å²) < 4.78 is 3.85. The molecule has 0 bridgehead atoms. The smallest absolute Gasteiger partial charge is 0.214 e. The fourth-order valence-electron chi connectivity index (χ4n) is 3.15. The molecule has 8 heteroatoms. The number of piperidine rings is 1. The van der Waals surface area contributed by atoms with E-state index in [0.717, 1.165) is 35.3 Å². The molecular formula is C16H23N7S. The van der Waals surface area contributed by atoms with Crippen LogP contribution in [-0.2, 0) is 12.0 Å². The van der Waals surface area contributed by atoms with Crippen LogP contribution in [0.25, 0.3) is 4.96 Å². The molecule has 7 nitrogen and oxygen atoms in total. The highest BCUT2D eigenvalue weighted by molar-refractivity contribution is 7.20. The van der Waals surface area contributed by atoms with E-state index in [4.69, 9.17) is 10.1 Å². The van der Waals surface area contributed by atoms with Gasteiger partial charge in [0.25, 0.3) is 0 Å². The molecule has 4 rings (SSSR count). The van der Waals surface area contributed by atoms with Gasteiger partial charge in [0.2, 0.25) is 10.1 Å². The second-order valence-corrected chi connectivity index (χ2v) is 8.38. The van der Waals surface area contributed by atoms with Gasteiger partial charge in [-0.15, -0.1) is 5.10 Å². The number of hydrogen-bond acceptors (Lipinski definition) is 6. The minimum atomic E-state index is 0.0499. The molecule has 0 saturated carbocycles. The van der Waals surface area contributed by atoms with Crippen LogP contribution in [0.3, 0.4) is 0 Å². The van der Waals surface area contributed by atoms with E-state index in [1.54, 1.807) is 24.0 Å². The molecule has 0 aromatic carbocycles. The van der Waals surface area contributed by atoms with Crippen LogP contribution in [0.2, 0.25) is 0 Å². The van der Waals surface area contributed by atoms with Crippen molar-refractivity contribution in [3.8, 4) is 0 Å². The first kappa shape index (κ1) is 15.6. The molecule has 1 saturated heterocycles. The number of imidazole rings is 1. The monoisotopic (exact) mass is 345 g/mol. The average molecular weight is 345 g/mol. The standard InChI is InChI=1S/C16H23N7S/c1-16(2,3)13-9-23-14(19-13)24-15(20-23)22-7-5-4-6-12(22)8-21-11-17-10-18-21/h9-12H,4-8H2,1-3H3. The Balaban J connectivity index is 1.60. The zero-order valence-electron chi connectivity index (χ0n) is 14.4. The molecule has 1 fully saturated rings. The summed E-state index contributed by atoms with van der Waals surface area (Å²) in [6.07, 6.45) is 9.08. The summed E-state index contributed by atoms with van der Waals surface area (Å²) in [6.45, 7) is 8.44. The quantitative estimate of drug-likeness (QED) is 0.730. The van der Waals surface area contributed by atoms with Crippen LogP contribution in [0, 0.1) is 0 Å². The molecule has 0 radical (unpaired) electrons. The van der Waals surface area contributed by atoms with Gasteiger partial charge in [0, 0.05) is 12.0 Å². The summed E-state index contributed by atoms with van der Waals surface area (Å²) in [4.78, 5) is 12.2. The maximum atomic E-state index is 4.80. The van der Waals surface area contributed by atoms with E-state index < -0.39 is 0 Å².